The number of fused-ring (bicyclic) bond motifs is 1. The zero-order valence-corrected chi connectivity index (χ0v) is 21.9. The number of hydrazone groups is 1. The molecule has 0 atom stereocenters. The quantitative estimate of drug-likeness (QED) is 0.152. The molecule has 1 aliphatic carbocycles. The molecular formula is C28H27N3O6S. The molecule has 0 fully saturated rings. The van der Waals surface area contributed by atoms with E-state index in [1.54, 1.807) is 43.3 Å². The average molecular weight is 534 g/mol. The van der Waals surface area contributed by atoms with Crippen LogP contribution in [-0.4, -0.2) is 36.6 Å². The highest BCUT2D eigenvalue weighted by molar-refractivity contribution is 7.17. The van der Waals surface area contributed by atoms with Crippen molar-refractivity contribution in [2.75, 3.05) is 11.9 Å². The Morgan fingerprint density at radius 2 is 1.66 bits per heavy atom. The lowest BCUT2D eigenvalue weighted by molar-refractivity contribution is -0.136. The van der Waals surface area contributed by atoms with Crippen molar-refractivity contribution in [2.24, 2.45) is 5.10 Å². The second kappa shape index (κ2) is 12.3. The number of nitrogens with zero attached hydrogens (tertiary/aromatic N) is 1. The van der Waals surface area contributed by atoms with Gasteiger partial charge in [-0.2, -0.15) is 5.10 Å². The van der Waals surface area contributed by atoms with Crippen LogP contribution in [0.25, 0.3) is 0 Å². The van der Waals surface area contributed by atoms with Gasteiger partial charge in [-0.15, -0.1) is 11.3 Å². The first kappa shape index (κ1) is 26.7. The molecule has 2 aromatic carbocycles. The summed E-state index contributed by atoms with van der Waals surface area (Å²) in [4.78, 5) is 50.6. The number of nitrogens with one attached hydrogen (secondary N) is 2. The lowest BCUT2D eigenvalue weighted by Crippen LogP contribution is -2.32. The highest BCUT2D eigenvalue weighted by Crippen LogP contribution is 2.38. The second-order valence-corrected chi connectivity index (χ2v) is 9.72. The summed E-state index contributed by atoms with van der Waals surface area (Å²) in [7, 11) is 0. The fourth-order valence-electron chi connectivity index (χ4n) is 3.93. The molecule has 3 aromatic rings. The van der Waals surface area contributed by atoms with E-state index in [4.69, 9.17) is 9.47 Å². The minimum Gasteiger partial charge on any atom is -0.462 e. The zero-order chi connectivity index (χ0) is 27.1. The molecule has 196 valence electrons. The number of carbonyl (C=O) groups excluding carboxylic acids is 4. The lowest BCUT2D eigenvalue weighted by atomic mass is 9.95. The van der Waals surface area contributed by atoms with Gasteiger partial charge in [0, 0.05) is 4.88 Å². The number of thiophene rings is 1. The topological polar surface area (TPSA) is 123 Å². The molecule has 0 unspecified atom stereocenters. The van der Waals surface area contributed by atoms with Crippen molar-refractivity contribution in [3.63, 3.8) is 0 Å². The van der Waals surface area contributed by atoms with Gasteiger partial charge in [0.25, 0.3) is 0 Å². The number of amides is 2. The largest absolute Gasteiger partial charge is 0.462 e. The Hall–Kier alpha value is -4.31. The summed E-state index contributed by atoms with van der Waals surface area (Å²) in [6.45, 7) is 3.86. The Kier molecular flexibility index (Phi) is 8.65. The number of esters is 2. The molecule has 9 nitrogen and oxygen atoms in total. The molecule has 1 heterocycles. The molecule has 0 radical (unpaired) electrons. The summed E-state index contributed by atoms with van der Waals surface area (Å²) in [5.41, 5.74) is 5.50. The first-order valence-corrected chi connectivity index (χ1v) is 13.0. The van der Waals surface area contributed by atoms with Gasteiger partial charge >= 0.3 is 23.8 Å². The summed E-state index contributed by atoms with van der Waals surface area (Å²) in [6.07, 6.45) is 4.87. The first-order chi connectivity index (χ1) is 18.4. The molecule has 1 aromatic heterocycles. The van der Waals surface area contributed by atoms with E-state index in [0.717, 1.165) is 41.7 Å². The summed E-state index contributed by atoms with van der Waals surface area (Å²) in [5.74, 6) is -2.54. The van der Waals surface area contributed by atoms with Gasteiger partial charge in [-0.05, 0) is 87.1 Å². The van der Waals surface area contributed by atoms with Crippen LogP contribution in [0.15, 0.2) is 53.6 Å². The van der Waals surface area contributed by atoms with Crippen molar-refractivity contribution in [1.29, 1.82) is 0 Å². The number of hydrogen-bond donors (Lipinski definition) is 2. The average Bonchev–Trinajstić information content (AvgIpc) is 3.28. The van der Waals surface area contributed by atoms with Crippen molar-refractivity contribution in [3.8, 4) is 5.75 Å². The number of aryl methyl sites for hydroxylation is 2. The molecule has 1 aliphatic rings. The molecular weight excluding hydrogens is 506 g/mol. The predicted octanol–water partition coefficient (Wildman–Crippen LogP) is 4.42. The minimum atomic E-state index is -0.980. The third-order valence-electron chi connectivity index (χ3n) is 5.84. The van der Waals surface area contributed by atoms with Gasteiger partial charge in [-0.3, -0.25) is 9.59 Å². The third-order valence-corrected chi connectivity index (χ3v) is 7.05. The molecule has 2 amide bonds. The smallest absolute Gasteiger partial charge is 0.343 e. The van der Waals surface area contributed by atoms with Gasteiger partial charge in [-0.25, -0.2) is 15.0 Å². The maximum atomic E-state index is 12.5. The second-order valence-electron chi connectivity index (χ2n) is 8.61. The Morgan fingerprint density at radius 1 is 0.947 bits per heavy atom. The van der Waals surface area contributed by atoms with Crippen LogP contribution >= 0.6 is 11.3 Å². The standard InChI is InChI=1S/C28H27N3O6S/c1-3-36-28(35)23-21-6-4-5-7-22(21)38-26(23)30-24(32)25(33)31-29-16-18-10-14-20(15-11-18)37-27(34)19-12-8-17(2)9-13-19/h8-16H,3-7H2,1-2H3,(H,30,32)(H,31,33)/b29-16+. The monoisotopic (exact) mass is 533 g/mol. The van der Waals surface area contributed by atoms with Crippen LogP contribution in [-0.2, 0) is 27.2 Å². The summed E-state index contributed by atoms with van der Waals surface area (Å²) < 4.78 is 10.5. The van der Waals surface area contributed by atoms with E-state index in [2.05, 4.69) is 15.8 Å². The van der Waals surface area contributed by atoms with E-state index in [-0.39, 0.29) is 6.61 Å². The minimum absolute atomic E-state index is 0.211. The maximum Gasteiger partial charge on any atom is 0.343 e. The maximum absolute atomic E-state index is 12.5. The van der Waals surface area contributed by atoms with E-state index >= 15 is 0 Å². The molecule has 4 rings (SSSR count). The van der Waals surface area contributed by atoms with Gasteiger partial charge in [-0.1, -0.05) is 17.7 Å². The van der Waals surface area contributed by atoms with Crippen molar-refractivity contribution >= 4 is 46.3 Å². The number of anilines is 1. The van der Waals surface area contributed by atoms with Crippen molar-refractivity contribution in [2.45, 2.75) is 39.5 Å². The van der Waals surface area contributed by atoms with Crippen LogP contribution in [0.3, 0.4) is 0 Å². The summed E-state index contributed by atoms with van der Waals surface area (Å²) in [6, 6.07) is 13.5. The van der Waals surface area contributed by atoms with Crippen molar-refractivity contribution in [1.82, 2.24) is 5.43 Å². The third kappa shape index (κ3) is 6.51. The molecule has 0 spiro atoms. The molecule has 0 bridgehead atoms. The lowest BCUT2D eigenvalue weighted by Gasteiger charge is -2.12. The van der Waals surface area contributed by atoms with Crippen LogP contribution in [0.2, 0.25) is 0 Å². The molecule has 10 heteroatoms. The van der Waals surface area contributed by atoms with Crippen molar-refractivity contribution in [3.05, 3.63) is 81.2 Å². The Balaban J connectivity index is 1.33. The van der Waals surface area contributed by atoms with Gasteiger partial charge in [0.2, 0.25) is 0 Å². The van der Waals surface area contributed by atoms with Crippen LogP contribution in [0.5, 0.6) is 5.75 Å². The van der Waals surface area contributed by atoms with Gasteiger partial charge in [0.1, 0.15) is 10.8 Å². The molecule has 0 saturated heterocycles. The van der Waals surface area contributed by atoms with E-state index in [9.17, 15) is 19.2 Å². The van der Waals surface area contributed by atoms with Gasteiger partial charge in [0.05, 0.1) is 23.9 Å². The number of benzene rings is 2. The van der Waals surface area contributed by atoms with E-state index in [1.807, 2.05) is 19.1 Å². The fourth-order valence-corrected chi connectivity index (χ4v) is 5.20. The first-order valence-electron chi connectivity index (χ1n) is 12.2. The number of ether oxygens (including phenoxy) is 2. The van der Waals surface area contributed by atoms with E-state index in [0.29, 0.717) is 27.4 Å². The predicted molar refractivity (Wildman–Crippen MR) is 144 cm³/mol. The fraction of sp³-hybridized carbons (Fsp3) is 0.250. The molecule has 0 aliphatic heterocycles. The van der Waals surface area contributed by atoms with E-state index < -0.39 is 23.8 Å². The van der Waals surface area contributed by atoms with E-state index in [1.165, 1.54) is 17.6 Å². The normalized spacial score (nSPS) is 12.5. The molecule has 38 heavy (non-hydrogen) atoms. The van der Waals surface area contributed by atoms with Crippen LogP contribution in [0.4, 0.5) is 5.00 Å². The highest BCUT2D eigenvalue weighted by atomic mass is 32.1. The Labute approximate surface area is 223 Å². The highest BCUT2D eigenvalue weighted by Gasteiger charge is 2.28. The number of carbonyl (C=O) groups is 4. The van der Waals surface area contributed by atoms with Crippen LogP contribution < -0.4 is 15.5 Å². The summed E-state index contributed by atoms with van der Waals surface area (Å²) >= 11 is 1.30. The van der Waals surface area contributed by atoms with Crippen LogP contribution in [0, 0.1) is 6.92 Å². The summed E-state index contributed by atoms with van der Waals surface area (Å²) in [5, 5.41) is 6.68. The van der Waals surface area contributed by atoms with Gasteiger partial charge < -0.3 is 14.8 Å². The molecule has 2 N–H and O–H groups in total. The zero-order valence-electron chi connectivity index (χ0n) is 21.0. The Morgan fingerprint density at radius 3 is 2.37 bits per heavy atom. The van der Waals surface area contributed by atoms with Gasteiger partial charge in [0.15, 0.2) is 0 Å². The SMILES string of the molecule is CCOC(=O)c1c(NC(=O)C(=O)N/N=C/c2ccc(OC(=O)c3ccc(C)cc3)cc2)sc2c1CCCC2. The number of rotatable bonds is 7. The number of hydrogen-bond acceptors (Lipinski definition) is 8. The Bertz CT molecular complexity index is 1380. The van der Waals surface area contributed by atoms with Crippen LogP contribution in [0.1, 0.15) is 62.0 Å². The van der Waals surface area contributed by atoms with Crippen molar-refractivity contribution < 1.29 is 28.7 Å². The molecule has 0 saturated carbocycles.